The Bertz CT molecular complexity index is 1360. The summed E-state index contributed by atoms with van der Waals surface area (Å²) >= 11 is 0. The summed E-state index contributed by atoms with van der Waals surface area (Å²) in [5.41, 5.74) is 4.30. The largest absolute Gasteiger partial charge is 0.353 e. The van der Waals surface area contributed by atoms with Crippen molar-refractivity contribution in [1.82, 2.24) is 20.3 Å². The second kappa shape index (κ2) is 7.40. The fourth-order valence-corrected chi connectivity index (χ4v) is 3.55. The molecule has 0 unspecified atom stereocenters. The Morgan fingerprint density at radius 2 is 1.83 bits per heavy atom. The number of nitrogens with zero attached hydrogens (tertiary/aromatic N) is 2. The molecule has 0 aliphatic carbocycles. The van der Waals surface area contributed by atoms with Gasteiger partial charge < -0.3 is 10.3 Å². The highest BCUT2D eigenvalue weighted by Gasteiger charge is 2.17. The molecule has 0 aliphatic rings. The van der Waals surface area contributed by atoms with Gasteiger partial charge in [0, 0.05) is 40.8 Å². The summed E-state index contributed by atoms with van der Waals surface area (Å²) in [4.78, 5) is 25.0. The highest BCUT2D eigenvalue weighted by molar-refractivity contribution is 6.13. The van der Waals surface area contributed by atoms with Crippen LogP contribution in [-0.4, -0.2) is 20.9 Å². The minimum absolute atomic E-state index is 0.283. The number of fused-ring (bicyclic) bond motifs is 3. The summed E-state index contributed by atoms with van der Waals surface area (Å²) in [6, 6.07) is 19.5. The SMILES string of the molecule is O=C(NCc1cccnc1)c1cc2c([nH]c3ccccc32)c(-c2ccc(F)cc2)n1. The zero-order valence-electron chi connectivity index (χ0n) is 15.9. The number of H-pyrrole nitrogens is 1. The maximum atomic E-state index is 13.5. The van der Waals surface area contributed by atoms with Crippen LogP contribution in [0.15, 0.2) is 79.1 Å². The molecule has 6 heteroatoms. The van der Waals surface area contributed by atoms with Crippen LogP contribution in [0, 0.1) is 5.82 Å². The van der Waals surface area contributed by atoms with Crippen LogP contribution < -0.4 is 5.32 Å². The molecule has 0 saturated heterocycles. The highest BCUT2D eigenvalue weighted by Crippen LogP contribution is 2.32. The average molecular weight is 396 g/mol. The molecule has 2 N–H and O–H groups in total. The first-order valence-electron chi connectivity index (χ1n) is 9.53. The van der Waals surface area contributed by atoms with Crippen molar-refractivity contribution in [3.05, 3.63) is 96.2 Å². The lowest BCUT2D eigenvalue weighted by atomic mass is 10.1. The summed E-state index contributed by atoms with van der Waals surface area (Å²) < 4.78 is 13.5. The second-order valence-electron chi connectivity index (χ2n) is 7.00. The van der Waals surface area contributed by atoms with Gasteiger partial charge in [0.2, 0.25) is 0 Å². The van der Waals surface area contributed by atoms with Gasteiger partial charge in [-0.1, -0.05) is 24.3 Å². The van der Waals surface area contributed by atoms with Gasteiger partial charge >= 0.3 is 0 Å². The number of benzene rings is 2. The molecule has 0 saturated carbocycles. The number of hydrogen-bond donors (Lipinski definition) is 2. The lowest BCUT2D eigenvalue weighted by molar-refractivity contribution is 0.0946. The fourth-order valence-electron chi connectivity index (χ4n) is 3.55. The Hall–Kier alpha value is -4.06. The fraction of sp³-hybridized carbons (Fsp3) is 0.0417. The third-order valence-corrected chi connectivity index (χ3v) is 5.02. The number of carbonyl (C=O) groups excluding carboxylic acids is 1. The first-order chi connectivity index (χ1) is 14.7. The highest BCUT2D eigenvalue weighted by atomic mass is 19.1. The standard InChI is InChI=1S/C24H17FN4O/c25-17-9-7-16(8-10-17)22-23-19(18-5-1-2-6-20(18)28-23)12-21(29-22)24(30)27-14-15-4-3-11-26-13-15/h1-13,28H,14H2,(H,27,30). The predicted octanol–water partition coefficient (Wildman–Crippen LogP) is 4.85. The zero-order chi connectivity index (χ0) is 20.5. The lowest BCUT2D eigenvalue weighted by Crippen LogP contribution is -2.24. The van der Waals surface area contributed by atoms with E-state index in [0.29, 0.717) is 17.9 Å². The van der Waals surface area contributed by atoms with E-state index in [1.165, 1.54) is 12.1 Å². The van der Waals surface area contributed by atoms with E-state index in [0.717, 1.165) is 32.9 Å². The number of hydrogen-bond acceptors (Lipinski definition) is 3. The summed E-state index contributed by atoms with van der Waals surface area (Å²) in [6.45, 7) is 0.353. The molecule has 0 atom stereocenters. The Kier molecular flexibility index (Phi) is 4.44. The minimum Gasteiger partial charge on any atom is -0.353 e. The molecule has 0 spiro atoms. The number of aromatic nitrogens is 3. The zero-order valence-corrected chi connectivity index (χ0v) is 15.9. The first kappa shape index (κ1) is 18.0. The number of carbonyl (C=O) groups is 1. The van der Waals surface area contributed by atoms with E-state index in [1.54, 1.807) is 30.6 Å². The lowest BCUT2D eigenvalue weighted by Gasteiger charge is -2.09. The van der Waals surface area contributed by atoms with Crippen LogP contribution in [0.5, 0.6) is 0 Å². The average Bonchev–Trinajstić information content (AvgIpc) is 3.17. The summed E-state index contributed by atoms with van der Waals surface area (Å²) in [7, 11) is 0. The van der Waals surface area contributed by atoms with Crippen molar-refractivity contribution in [3.63, 3.8) is 0 Å². The number of halogens is 1. The number of pyridine rings is 2. The van der Waals surface area contributed by atoms with Crippen LogP contribution >= 0.6 is 0 Å². The van der Waals surface area contributed by atoms with Gasteiger partial charge in [-0.15, -0.1) is 0 Å². The molecular weight excluding hydrogens is 379 g/mol. The number of nitrogens with one attached hydrogen (secondary N) is 2. The molecule has 146 valence electrons. The van der Waals surface area contributed by atoms with Gasteiger partial charge in [-0.2, -0.15) is 0 Å². The van der Waals surface area contributed by atoms with E-state index in [9.17, 15) is 9.18 Å². The van der Waals surface area contributed by atoms with Crippen LogP contribution in [0.25, 0.3) is 33.1 Å². The van der Waals surface area contributed by atoms with Gasteiger partial charge in [-0.3, -0.25) is 9.78 Å². The van der Waals surface area contributed by atoms with Crippen molar-refractivity contribution < 1.29 is 9.18 Å². The summed E-state index contributed by atoms with van der Waals surface area (Å²) in [5.74, 6) is -0.605. The molecule has 30 heavy (non-hydrogen) atoms. The monoisotopic (exact) mass is 396 g/mol. The number of para-hydroxylation sites is 1. The van der Waals surface area contributed by atoms with Crippen LogP contribution in [0.1, 0.15) is 16.1 Å². The molecule has 5 rings (SSSR count). The van der Waals surface area contributed by atoms with Gasteiger partial charge in [0.05, 0.1) is 11.2 Å². The summed E-state index contributed by atoms with van der Waals surface area (Å²) in [6.07, 6.45) is 3.40. The van der Waals surface area contributed by atoms with Crippen LogP contribution in [0.3, 0.4) is 0 Å². The molecule has 5 aromatic rings. The molecule has 5 nitrogen and oxygen atoms in total. The Balaban J connectivity index is 1.62. The minimum atomic E-state index is -0.322. The molecule has 3 aromatic heterocycles. The Morgan fingerprint density at radius 3 is 2.63 bits per heavy atom. The van der Waals surface area contributed by atoms with Crippen molar-refractivity contribution in [2.45, 2.75) is 6.54 Å². The van der Waals surface area contributed by atoms with E-state index in [4.69, 9.17) is 0 Å². The van der Waals surface area contributed by atoms with Gasteiger partial charge in [-0.25, -0.2) is 9.37 Å². The van der Waals surface area contributed by atoms with Crippen LogP contribution in [-0.2, 0) is 6.54 Å². The first-order valence-corrected chi connectivity index (χ1v) is 9.53. The van der Waals surface area contributed by atoms with E-state index in [1.807, 2.05) is 36.4 Å². The van der Waals surface area contributed by atoms with E-state index >= 15 is 0 Å². The normalized spacial score (nSPS) is 11.1. The molecular formula is C24H17FN4O. The van der Waals surface area contributed by atoms with E-state index in [-0.39, 0.29) is 11.7 Å². The topological polar surface area (TPSA) is 70.7 Å². The molecule has 0 aliphatic heterocycles. The predicted molar refractivity (Wildman–Crippen MR) is 114 cm³/mol. The van der Waals surface area contributed by atoms with Crippen molar-refractivity contribution in [2.75, 3.05) is 0 Å². The smallest absolute Gasteiger partial charge is 0.270 e. The maximum Gasteiger partial charge on any atom is 0.270 e. The maximum absolute atomic E-state index is 13.5. The molecule has 3 heterocycles. The van der Waals surface area contributed by atoms with Crippen molar-refractivity contribution in [3.8, 4) is 11.3 Å². The number of amides is 1. The Labute approximate surface area is 171 Å². The van der Waals surface area contributed by atoms with Gasteiger partial charge in [0.1, 0.15) is 11.5 Å². The summed E-state index contributed by atoms with van der Waals surface area (Å²) in [5, 5.41) is 4.79. The Morgan fingerprint density at radius 1 is 1.00 bits per heavy atom. The quantitative estimate of drug-likeness (QED) is 0.456. The van der Waals surface area contributed by atoms with Crippen molar-refractivity contribution in [1.29, 1.82) is 0 Å². The van der Waals surface area contributed by atoms with Crippen molar-refractivity contribution >= 4 is 27.7 Å². The van der Waals surface area contributed by atoms with Crippen LogP contribution in [0.2, 0.25) is 0 Å². The van der Waals surface area contributed by atoms with Gasteiger partial charge in [-0.05, 0) is 48.0 Å². The van der Waals surface area contributed by atoms with Crippen molar-refractivity contribution in [2.24, 2.45) is 0 Å². The molecule has 0 bridgehead atoms. The van der Waals surface area contributed by atoms with Gasteiger partial charge in [0.15, 0.2) is 0 Å². The molecule has 2 aromatic carbocycles. The third-order valence-electron chi connectivity index (χ3n) is 5.02. The number of rotatable bonds is 4. The van der Waals surface area contributed by atoms with Gasteiger partial charge in [0.25, 0.3) is 5.91 Å². The molecule has 0 fully saturated rings. The van der Waals surface area contributed by atoms with Crippen LogP contribution in [0.4, 0.5) is 4.39 Å². The number of aromatic amines is 1. The van der Waals surface area contributed by atoms with E-state index in [2.05, 4.69) is 20.3 Å². The van der Waals surface area contributed by atoms with E-state index < -0.39 is 0 Å². The molecule has 1 amide bonds. The third kappa shape index (κ3) is 3.28. The molecule has 0 radical (unpaired) electrons. The second-order valence-corrected chi connectivity index (χ2v) is 7.00.